The Morgan fingerprint density at radius 2 is 1.57 bits per heavy atom. The molecule has 3 amide bonds. The lowest BCUT2D eigenvalue weighted by atomic mass is 9.99. The molecule has 0 unspecified atom stereocenters. The van der Waals surface area contributed by atoms with Crippen LogP contribution in [0.5, 0.6) is 0 Å². The highest BCUT2D eigenvalue weighted by Gasteiger charge is 2.46. The van der Waals surface area contributed by atoms with Gasteiger partial charge in [-0.2, -0.15) is 0 Å². The average Bonchev–Trinajstić information content (AvgIpc) is 3.84. The smallest absolute Gasteiger partial charge is 0.289 e. The number of nitrogens with two attached hydrogens (primary N) is 1. The maximum absolute atomic E-state index is 15.2. The number of aryl methyl sites for hydroxylation is 2. The first-order chi connectivity index (χ1) is 25.8. The van der Waals surface area contributed by atoms with Crippen molar-refractivity contribution in [2.45, 2.75) is 43.7 Å². The largest absolute Gasteiger partial charge is 0.368 e. The summed E-state index contributed by atoms with van der Waals surface area (Å²) < 4.78 is 35.1. The number of H-pyrrole nitrogens is 1. The zero-order chi connectivity index (χ0) is 38.7. The zero-order valence-corrected chi connectivity index (χ0v) is 30.3. The van der Waals surface area contributed by atoms with Crippen LogP contribution in [0, 0.1) is 24.0 Å². The lowest BCUT2D eigenvalue weighted by molar-refractivity contribution is -0.387. The van der Waals surface area contributed by atoms with E-state index in [9.17, 15) is 28.1 Å². The van der Waals surface area contributed by atoms with E-state index in [4.69, 9.17) is 10.3 Å². The molecule has 3 N–H and O–H groups in total. The number of hydrogen-bond acceptors (Lipinski definition) is 9. The lowest BCUT2D eigenvalue weighted by Gasteiger charge is -2.35. The molecule has 2 aromatic heterocycles. The Kier molecular flexibility index (Phi) is 10.4. The van der Waals surface area contributed by atoms with Gasteiger partial charge in [-0.25, -0.2) is 12.7 Å². The van der Waals surface area contributed by atoms with Gasteiger partial charge in [0.2, 0.25) is 5.91 Å². The molecule has 0 aliphatic rings. The molecule has 14 nitrogen and oxygen atoms in total. The molecule has 276 valence electrons. The van der Waals surface area contributed by atoms with E-state index in [0.717, 1.165) is 28.2 Å². The monoisotopic (exact) mass is 748 g/mol. The number of fused-ring (bicyclic) bond motifs is 1. The van der Waals surface area contributed by atoms with Crippen LogP contribution >= 0.6 is 0 Å². The summed E-state index contributed by atoms with van der Waals surface area (Å²) in [5.74, 6) is -2.50. The summed E-state index contributed by atoms with van der Waals surface area (Å²) in [6, 6.07) is 21.8. The van der Waals surface area contributed by atoms with Crippen LogP contribution in [0.25, 0.3) is 22.2 Å². The highest BCUT2D eigenvalue weighted by Crippen LogP contribution is 2.32. The SMILES string of the molecule is Cc1cc(C)cc(C(=O)N(C)[C@@H](Cc2ccc(-c3ccno3)cc2)C(=O)N([C@@H](Cc2c[nH]c3ccccc23)C(N)=O)S(=O)(=O)c2ccccc2[N+](=O)[O-])c1. The third-order valence-corrected chi connectivity index (χ3v) is 11.0. The molecule has 6 rings (SSSR count). The Bertz CT molecular complexity index is 2460. The van der Waals surface area contributed by atoms with Crippen molar-refractivity contribution in [2.75, 3.05) is 7.05 Å². The Labute approximate surface area is 310 Å². The number of rotatable bonds is 13. The van der Waals surface area contributed by atoms with Crippen LogP contribution in [0.3, 0.4) is 0 Å². The number of aromatic nitrogens is 2. The first-order valence-corrected chi connectivity index (χ1v) is 18.2. The summed E-state index contributed by atoms with van der Waals surface area (Å²) in [4.78, 5) is 57.5. The number of carbonyl (C=O) groups is 3. The van der Waals surface area contributed by atoms with Crippen molar-refractivity contribution in [1.29, 1.82) is 0 Å². The number of amides is 3. The topological polar surface area (TPSA) is 203 Å². The van der Waals surface area contributed by atoms with E-state index in [1.54, 1.807) is 72.9 Å². The van der Waals surface area contributed by atoms with Gasteiger partial charge in [-0.1, -0.05) is 76.9 Å². The normalized spacial score (nSPS) is 12.6. The van der Waals surface area contributed by atoms with Crippen molar-refractivity contribution in [3.05, 3.63) is 147 Å². The van der Waals surface area contributed by atoms with Crippen LogP contribution in [0.15, 0.2) is 119 Å². The molecule has 0 saturated heterocycles. The standard InChI is InChI=1S/C39H36N6O8S/c1-24-18-25(2)20-28(19-24)38(47)43(3)34(21-26-12-14-27(15-13-26)35-16-17-42-53-35)39(48)44(54(51,52)36-11-7-6-10-32(36)45(49)50)33(37(40)46)22-29-23-41-31-9-5-4-8-30(29)31/h4-20,23,33-34,41H,21-22H2,1-3H3,(H2,40,46)/t33-,34-/m0/s1. The van der Waals surface area contributed by atoms with E-state index >= 15 is 4.79 Å². The van der Waals surface area contributed by atoms with Crippen LogP contribution in [-0.2, 0) is 32.5 Å². The predicted molar refractivity (Wildman–Crippen MR) is 200 cm³/mol. The average molecular weight is 749 g/mol. The van der Waals surface area contributed by atoms with Gasteiger partial charge >= 0.3 is 0 Å². The number of hydrogen-bond donors (Lipinski definition) is 2. The van der Waals surface area contributed by atoms with E-state index in [0.29, 0.717) is 37.7 Å². The Balaban J connectivity index is 1.51. The zero-order valence-electron chi connectivity index (χ0n) is 29.5. The molecule has 15 heteroatoms. The maximum atomic E-state index is 15.2. The Morgan fingerprint density at radius 1 is 0.907 bits per heavy atom. The Hall–Kier alpha value is -6.61. The molecule has 0 bridgehead atoms. The number of likely N-dealkylation sites (N-methyl/N-ethyl adjacent to an activating group) is 1. The summed E-state index contributed by atoms with van der Waals surface area (Å²) in [5.41, 5.74) is 9.28. The molecular formula is C39H36N6O8S. The van der Waals surface area contributed by atoms with E-state index in [1.807, 2.05) is 19.9 Å². The van der Waals surface area contributed by atoms with Crippen LogP contribution < -0.4 is 5.73 Å². The maximum Gasteiger partial charge on any atom is 0.289 e. The number of benzene rings is 4. The van der Waals surface area contributed by atoms with Gasteiger partial charge in [-0.05, 0) is 49.2 Å². The lowest BCUT2D eigenvalue weighted by Crippen LogP contribution is -2.58. The predicted octanol–water partition coefficient (Wildman–Crippen LogP) is 5.35. The highest BCUT2D eigenvalue weighted by atomic mass is 32.2. The van der Waals surface area contributed by atoms with Gasteiger partial charge in [0.1, 0.15) is 12.1 Å². The van der Waals surface area contributed by atoms with Gasteiger partial charge in [0.05, 0.1) is 11.1 Å². The third kappa shape index (κ3) is 7.47. The molecule has 6 aromatic rings. The number of sulfonamides is 1. The van der Waals surface area contributed by atoms with Crippen molar-refractivity contribution >= 4 is 44.3 Å². The number of nitrogens with one attached hydrogen (secondary N) is 1. The van der Waals surface area contributed by atoms with Crippen molar-refractivity contribution in [1.82, 2.24) is 19.3 Å². The third-order valence-electron chi connectivity index (χ3n) is 9.16. The molecule has 2 atom stereocenters. The van der Waals surface area contributed by atoms with Crippen LogP contribution in [-0.4, -0.2) is 69.5 Å². The molecule has 0 aliphatic heterocycles. The molecular weight excluding hydrogens is 713 g/mol. The minimum atomic E-state index is -5.21. The van der Waals surface area contributed by atoms with Crippen molar-refractivity contribution < 1.29 is 32.2 Å². The molecule has 0 aliphatic carbocycles. The summed E-state index contributed by atoms with van der Waals surface area (Å²) in [6.45, 7) is 3.62. The van der Waals surface area contributed by atoms with Crippen LogP contribution in [0.2, 0.25) is 0 Å². The van der Waals surface area contributed by atoms with E-state index in [1.165, 1.54) is 25.4 Å². The summed E-state index contributed by atoms with van der Waals surface area (Å²) in [7, 11) is -3.85. The number of aromatic amines is 1. The van der Waals surface area contributed by atoms with Gasteiger partial charge in [-0.15, -0.1) is 0 Å². The fraction of sp³-hybridized carbons (Fsp3) is 0.179. The number of primary amides is 1. The molecule has 0 spiro atoms. The first kappa shape index (κ1) is 37.2. The number of carbonyl (C=O) groups excluding carboxylic acids is 3. The Morgan fingerprint density at radius 3 is 2.22 bits per heavy atom. The number of nitro benzene ring substituents is 1. The van der Waals surface area contributed by atoms with Gasteiger partial charge in [-0.3, -0.25) is 24.5 Å². The van der Waals surface area contributed by atoms with Crippen molar-refractivity contribution in [2.24, 2.45) is 5.73 Å². The van der Waals surface area contributed by atoms with Gasteiger partial charge in [0.25, 0.3) is 27.5 Å². The minimum absolute atomic E-state index is 0.218. The molecule has 54 heavy (non-hydrogen) atoms. The summed E-state index contributed by atoms with van der Waals surface area (Å²) in [6.07, 6.45) is 2.47. The van der Waals surface area contributed by atoms with E-state index in [2.05, 4.69) is 10.1 Å². The molecule has 0 saturated carbocycles. The fourth-order valence-corrected chi connectivity index (χ4v) is 8.29. The molecule has 0 fully saturated rings. The number of nitro groups is 1. The molecule has 4 aromatic carbocycles. The number of nitrogens with zero attached hydrogens (tertiary/aromatic N) is 4. The second-order valence-electron chi connectivity index (χ2n) is 12.9. The fourth-order valence-electron chi connectivity index (χ4n) is 6.55. The minimum Gasteiger partial charge on any atom is -0.368 e. The van der Waals surface area contributed by atoms with E-state index in [-0.39, 0.29) is 18.4 Å². The number of para-hydroxylation sites is 2. The summed E-state index contributed by atoms with van der Waals surface area (Å²) >= 11 is 0. The van der Waals surface area contributed by atoms with Gasteiger partial charge < -0.3 is 20.1 Å². The van der Waals surface area contributed by atoms with Crippen molar-refractivity contribution in [3.63, 3.8) is 0 Å². The van der Waals surface area contributed by atoms with Gasteiger partial charge in [0.15, 0.2) is 10.7 Å². The first-order valence-electron chi connectivity index (χ1n) is 16.8. The van der Waals surface area contributed by atoms with E-state index < -0.39 is 55.3 Å². The second kappa shape index (κ2) is 15.2. The van der Waals surface area contributed by atoms with Crippen LogP contribution in [0.4, 0.5) is 5.69 Å². The van der Waals surface area contributed by atoms with Gasteiger partial charge in [0, 0.05) is 60.2 Å². The molecule has 0 radical (unpaired) electrons. The highest BCUT2D eigenvalue weighted by molar-refractivity contribution is 7.89. The quantitative estimate of drug-likeness (QED) is 0.115. The molecule has 2 heterocycles. The van der Waals surface area contributed by atoms with Crippen molar-refractivity contribution in [3.8, 4) is 11.3 Å². The summed E-state index contributed by atoms with van der Waals surface area (Å²) in [5, 5.41) is 16.5. The second-order valence-corrected chi connectivity index (χ2v) is 14.7. The van der Waals surface area contributed by atoms with Crippen LogP contribution in [0.1, 0.15) is 32.6 Å².